The van der Waals surface area contributed by atoms with Gasteiger partial charge in [-0.3, -0.25) is 14.5 Å². The third-order valence-corrected chi connectivity index (χ3v) is 5.95. The van der Waals surface area contributed by atoms with Crippen molar-refractivity contribution in [1.29, 1.82) is 0 Å². The van der Waals surface area contributed by atoms with E-state index in [2.05, 4.69) is 11.4 Å². The number of carbonyl (C=O) groups excluding carboxylic acids is 2. The van der Waals surface area contributed by atoms with Crippen LogP contribution in [0.25, 0.3) is 5.57 Å². The smallest absolute Gasteiger partial charge is 0.278 e. The molecule has 0 saturated carbocycles. The number of ether oxygens (including phenoxy) is 1. The van der Waals surface area contributed by atoms with E-state index in [1.165, 1.54) is 4.90 Å². The SMILES string of the molecule is Cc1cc(C)cc(OCCN2C(=O)C(Nc3cccc(Cl)c3C)=C(c3ccccc3)C2=O)c1. The van der Waals surface area contributed by atoms with Crippen LogP contribution < -0.4 is 10.1 Å². The van der Waals surface area contributed by atoms with E-state index in [1.54, 1.807) is 12.1 Å². The molecule has 0 spiro atoms. The number of carbonyl (C=O) groups is 2. The van der Waals surface area contributed by atoms with Crippen molar-refractivity contribution in [1.82, 2.24) is 4.90 Å². The van der Waals surface area contributed by atoms with Gasteiger partial charge in [0.05, 0.1) is 12.1 Å². The molecule has 3 aromatic rings. The molecule has 1 heterocycles. The summed E-state index contributed by atoms with van der Waals surface area (Å²) in [5, 5.41) is 3.75. The van der Waals surface area contributed by atoms with E-state index in [0.717, 1.165) is 22.4 Å². The van der Waals surface area contributed by atoms with Gasteiger partial charge in [0.1, 0.15) is 18.1 Å². The first-order valence-corrected chi connectivity index (χ1v) is 11.1. The van der Waals surface area contributed by atoms with Crippen molar-refractivity contribution in [3.8, 4) is 5.75 Å². The first-order valence-electron chi connectivity index (χ1n) is 10.7. The lowest BCUT2D eigenvalue weighted by molar-refractivity contribution is -0.137. The molecule has 0 aromatic heterocycles. The average molecular weight is 461 g/mol. The van der Waals surface area contributed by atoms with Crippen molar-refractivity contribution in [2.24, 2.45) is 0 Å². The monoisotopic (exact) mass is 460 g/mol. The fourth-order valence-corrected chi connectivity index (χ4v) is 4.09. The molecule has 1 N–H and O–H groups in total. The lowest BCUT2D eigenvalue weighted by Gasteiger charge is -2.16. The number of hydrogen-bond acceptors (Lipinski definition) is 4. The van der Waals surface area contributed by atoms with Gasteiger partial charge >= 0.3 is 0 Å². The molecule has 4 rings (SSSR count). The molecule has 0 fully saturated rings. The molecule has 1 aliphatic rings. The highest BCUT2D eigenvalue weighted by Crippen LogP contribution is 2.32. The summed E-state index contributed by atoms with van der Waals surface area (Å²) in [4.78, 5) is 27.9. The minimum atomic E-state index is -0.387. The molecular weight excluding hydrogens is 436 g/mol. The van der Waals surface area contributed by atoms with Crippen LogP contribution in [0, 0.1) is 20.8 Å². The van der Waals surface area contributed by atoms with E-state index in [0.29, 0.717) is 21.8 Å². The number of amides is 2. The Morgan fingerprint density at radius 2 is 1.58 bits per heavy atom. The third kappa shape index (κ3) is 4.78. The fourth-order valence-electron chi connectivity index (χ4n) is 3.92. The zero-order chi connectivity index (χ0) is 23.5. The molecule has 168 valence electrons. The summed E-state index contributed by atoms with van der Waals surface area (Å²) >= 11 is 6.26. The Bertz CT molecular complexity index is 1230. The molecule has 5 nitrogen and oxygen atoms in total. The molecule has 1 aliphatic heterocycles. The van der Waals surface area contributed by atoms with Crippen LogP contribution in [0.5, 0.6) is 5.75 Å². The van der Waals surface area contributed by atoms with Gasteiger partial charge in [0, 0.05) is 10.7 Å². The fraction of sp³-hybridized carbons (Fsp3) is 0.185. The molecule has 2 amide bonds. The number of rotatable bonds is 7. The summed E-state index contributed by atoms with van der Waals surface area (Å²) in [6, 6.07) is 20.5. The van der Waals surface area contributed by atoms with Gasteiger partial charge in [-0.15, -0.1) is 0 Å². The van der Waals surface area contributed by atoms with Gasteiger partial charge in [-0.05, 0) is 67.3 Å². The molecule has 0 atom stereocenters. The average Bonchev–Trinajstić information content (AvgIpc) is 3.01. The Morgan fingerprint density at radius 1 is 0.879 bits per heavy atom. The quantitative estimate of drug-likeness (QED) is 0.470. The Hall–Kier alpha value is -3.57. The van der Waals surface area contributed by atoms with Gasteiger partial charge in [0.15, 0.2) is 0 Å². The Labute approximate surface area is 198 Å². The minimum Gasteiger partial charge on any atom is -0.492 e. The Morgan fingerprint density at radius 3 is 2.27 bits per heavy atom. The highest BCUT2D eigenvalue weighted by atomic mass is 35.5. The van der Waals surface area contributed by atoms with Crippen LogP contribution in [0.15, 0.2) is 72.4 Å². The normalized spacial score (nSPS) is 13.6. The van der Waals surface area contributed by atoms with E-state index >= 15 is 0 Å². The van der Waals surface area contributed by atoms with Crippen LogP contribution >= 0.6 is 11.6 Å². The predicted octanol–water partition coefficient (Wildman–Crippen LogP) is 5.54. The summed E-state index contributed by atoms with van der Waals surface area (Å²) in [7, 11) is 0. The standard InChI is InChI=1S/C27H25ClN2O3/c1-17-14-18(2)16-21(15-17)33-13-12-30-26(31)24(20-8-5-4-6-9-20)25(27(30)32)29-23-11-7-10-22(28)19(23)3/h4-11,14-16,29H,12-13H2,1-3H3. The predicted molar refractivity (Wildman–Crippen MR) is 131 cm³/mol. The molecule has 3 aromatic carbocycles. The molecule has 0 radical (unpaired) electrons. The highest BCUT2D eigenvalue weighted by molar-refractivity contribution is 6.36. The summed E-state index contributed by atoms with van der Waals surface area (Å²) in [6.45, 7) is 6.20. The zero-order valence-electron chi connectivity index (χ0n) is 18.8. The lowest BCUT2D eigenvalue weighted by atomic mass is 10.0. The summed E-state index contributed by atoms with van der Waals surface area (Å²) in [6.07, 6.45) is 0. The van der Waals surface area contributed by atoms with Crippen LogP contribution in [0.3, 0.4) is 0 Å². The Kier molecular flexibility index (Phi) is 6.52. The van der Waals surface area contributed by atoms with E-state index in [-0.39, 0.29) is 30.7 Å². The maximum absolute atomic E-state index is 13.3. The maximum atomic E-state index is 13.3. The molecule has 0 saturated heterocycles. The van der Waals surface area contributed by atoms with Crippen molar-refractivity contribution in [3.05, 3.63) is 99.7 Å². The number of imide groups is 1. The van der Waals surface area contributed by atoms with E-state index in [1.807, 2.05) is 69.3 Å². The van der Waals surface area contributed by atoms with Crippen molar-refractivity contribution < 1.29 is 14.3 Å². The van der Waals surface area contributed by atoms with Crippen LogP contribution in [-0.2, 0) is 9.59 Å². The van der Waals surface area contributed by atoms with Gasteiger partial charge in [0.2, 0.25) is 0 Å². The van der Waals surface area contributed by atoms with E-state index in [4.69, 9.17) is 16.3 Å². The Balaban J connectivity index is 1.60. The van der Waals surface area contributed by atoms with Gasteiger partial charge in [0.25, 0.3) is 11.8 Å². The molecule has 6 heteroatoms. The van der Waals surface area contributed by atoms with Gasteiger partial charge in [-0.2, -0.15) is 0 Å². The second kappa shape index (κ2) is 9.51. The van der Waals surface area contributed by atoms with Gasteiger partial charge in [-0.1, -0.05) is 54.1 Å². The molecule has 0 aliphatic carbocycles. The first kappa shape index (κ1) is 22.6. The molecule has 0 unspecified atom stereocenters. The van der Waals surface area contributed by atoms with E-state index in [9.17, 15) is 9.59 Å². The topological polar surface area (TPSA) is 58.6 Å². The second-order valence-corrected chi connectivity index (χ2v) is 8.49. The van der Waals surface area contributed by atoms with Gasteiger partial charge < -0.3 is 10.1 Å². The lowest BCUT2D eigenvalue weighted by Crippen LogP contribution is -2.36. The van der Waals surface area contributed by atoms with Crippen molar-refractivity contribution in [2.45, 2.75) is 20.8 Å². The number of anilines is 1. The van der Waals surface area contributed by atoms with Crippen LogP contribution in [0.1, 0.15) is 22.3 Å². The van der Waals surface area contributed by atoms with Crippen LogP contribution in [0.2, 0.25) is 5.02 Å². The van der Waals surface area contributed by atoms with Crippen molar-refractivity contribution in [2.75, 3.05) is 18.5 Å². The van der Waals surface area contributed by atoms with Crippen molar-refractivity contribution >= 4 is 34.7 Å². The molecular formula is C27H25ClN2O3. The molecule has 0 bridgehead atoms. The summed E-state index contributed by atoms with van der Waals surface area (Å²) in [5.41, 5.74) is 4.92. The third-order valence-electron chi connectivity index (χ3n) is 5.54. The minimum absolute atomic E-state index is 0.140. The summed E-state index contributed by atoms with van der Waals surface area (Å²) in [5.74, 6) is -0.0182. The number of aryl methyl sites for hydroxylation is 2. The highest BCUT2D eigenvalue weighted by Gasteiger charge is 2.39. The second-order valence-electron chi connectivity index (χ2n) is 8.09. The van der Waals surface area contributed by atoms with Crippen LogP contribution in [-0.4, -0.2) is 29.9 Å². The number of hydrogen-bond donors (Lipinski definition) is 1. The van der Waals surface area contributed by atoms with Crippen LogP contribution in [0.4, 0.5) is 5.69 Å². The number of nitrogens with one attached hydrogen (secondary N) is 1. The largest absolute Gasteiger partial charge is 0.492 e. The number of nitrogens with zero attached hydrogens (tertiary/aromatic N) is 1. The first-order chi connectivity index (χ1) is 15.8. The zero-order valence-corrected chi connectivity index (χ0v) is 19.6. The van der Waals surface area contributed by atoms with E-state index < -0.39 is 0 Å². The maximum Gasteiger partial charge on any atom is 0.278 e. The number of halogens is 1. The van der Waals surface area contributed by atoms with Gasteiger partial charge in [-0.25, -0.2) is 0 Å². The van der Waals surface area contributed by atoms with Crippen molar-refractivity contribution in [3.63, 3.8) is 0 Å². The summed E-state index contributed by atoms with van der Waals surface area (Å²) < 4.78 is 5.85. The number of benzene rings is 3. The molecule has 33 heavy (non-hydrogen) atoms.